The number of carbonyl (C=O) groups is 1. The number of carbonyl (C=O) groups excluding carboxylic acids is 1. The van der Waals surface area contributed by atoms with Crippen molar-refractivity contribution < 1.29 is 9.18 Å². The predicted octanol–water partition coefficient (Wildman–Crippen LogP) is 5.80. The highest BCUT2D eigenvalue weighted by Gasteiger charge is 2.19. The molecule has 1 rings (SSSR count). The van der Waals surface area contributed by atoms with E-state index in [1.807, 2.05) is 32.1 Å². The number of nitrogens with zero attached hydrogens (tertiary/aromatic N) is 2. The van der Waals surface area contributed by atoms with Crippen molar-refractivity contribution in [2.45, 2.75) is 27.7 Å². The smallest absolute Gasteiger partial charge is 0.266 e. The molecule has 1 aromatic rings. The molecule has 0 N–H and O–H groups in total. The van der Waals surface area contributed by atoms with Gasteiger partial charge in [-0.25, -0.2) is 4.39 Å². The van der Waals surface area contributed by atoms with Crippen LogP contribution in [0.5, 0.6) is 0 Å². The first-order valence-corrected chi connectivity index (χ1v) is 9.78. The van der Waals surface area contributed by atoms with Crippen LogP contribution in [0.4, 0.5) is 10.1 Å². The van der Waals surface area contributed by atoms with Gasteiger partial charge in [0.2, 0.25) is 0 Å². The van der Waals surface area contributed by atoms with Gasteiger partial charge in [0.15, 0.2) is 0 Å². The number of halogens is 1. The number of hydrogen-bond acceptors (Lipinski definition) is 2. The summed E-state index contributed by atoms with van der Waals surface area (Å²) in [5.74, 6) is -0.601. The number of allylic oxidation sites excluding steroid dienone is 3. The molecule has 0 radical (unpaired) electrons. The summed E-state index contributed by atoms with van der Waals surface area (Å²) < 4.78 is 13.4. The molecule has 3 nitrogen and oxygen atoms in total. The van der Waals surface area contributed by atoms with Crippen LogP contribution in [0.15, 0.2) is 90.4 Å². The van der Waals surface area contributed by atoms with Gasteiger partial charge in [0.25, 0.3) is 5.91 Å². The van der Waals surface area contributed by atoms with Crippen molar-refractivity contribution in [1.82, 2.24) is 4.90 Å². The van der Waals surface area contributed by atoms with Crippen LogP contribution in [0, 0.1) is 5.82 Å². The van der Waals surface area contributed by atoms with Crippen molar-refractivity contribution in [3.05, 3.63) is 96.2 Å². The first-order chi connectivity index (χ1) is 13.9. The third kappa shape index (κ3) is 7.10. The highest BCUT2D eigenvalue weighted by atomic mass is 19.1. The molecule has 0 fully saturated rings. The summed E-state index contributed by atoms with van der Waals surface area (Å²) in [5.41, 5.74) is 5.49. The molecule has 0 aromatic heterocycles. The van der Waals surface area contributed by atoms with E-state index in [1.165, 1.54) is 12.1 Å². The lowest BCUT2D eigenvalue weighted by molar-refractivity contribution is -0.114. The van der Waals surface area contributed by atoms with Crippen LogP contribution in [0.2, 0.25) is 0 Å². The van der Waals surface area contributed by atoms with Crippen molar-refractivity contribution in [2.75, 3.05) is 24.5 Å². The van der Waals surface area contributed by atoms with Crippen LogP contribution in [-0.2, 0) is 4.79 Å². The number of rotatable bonds is 10. The topological polar surface area (TPSA) is 23.6 Å². The highest BCUT2D eigenvalue weighted by Crippen LogP contribution is 2.20. The molecule has 154 valence electrons. The summed E-state index contributed by atoms with van der Waals surface area (Å²) in [6, 6.07) is 5.87. The summed E-state index contributed by atoms with van der Waals surface area (Å²) in [6.45, 7) is 17.7. The third-order valence-corrected chi connectivity index (χ3v) is 4.51. The molecule has 0 atom stereocenters. The van der Waals surface area contributed by atoms with E-state index in [9.17, 15) is 9.18 Å². The van der Waals surface area contributed by atoms with Crippen LogP contribution < -0.4 is 4.90 Å². The second kappa shape index (κ2) is 12.4. The lowest BCUT2D eigenvalue weighted by Crippen LogP contribution is -2.33. The molecule has 0 heterocycles. The summed E-state index contributed by atoms with van der Waals surface area (Å²) in [7, 11) is 0. The maximum absolute atomic E-state index is 13.4. The summed E-state index contributed by atoms with van der Waals surface area (Å²) in [5, 5.41) is 0. The van der Waals surface area contributed by atoms with Crippen LogP contribution in [0.25, 0.3) is 0 Å². The molecular formula is C25H31FN2O. The van der Waals surface area contributed by atoms with E-state index in [2.05, 4.69) is 37.6 Å². The molecule has 0 aliphatic carbocycles. The number of benzene rings is 1. The van der Waals surface area contributed by atoms with E-state index < -0.39 is 0 Å². The second-order valence-electron chi connectivity index (χ2n) is 6.32. The average molecular weight is 395 g/mol. The maximum Gasteiger partial charge on any atom is 0.266 e. The van der Waals surface area contributed by atoms with Crippen molar-refractivity contribution in [3.8, 4) is 0 Å². The van der Waals surface area contributed by atoms with Gasteiger partial charge in [-0.2, -0.15) is 0 Å². The normalized spacial score (nSPS) is 11.6. The second-order valence-corrected chi connectivity index (χ2v) is 6.32. The van der Waals surface area contributed by atoms with Crippen LogP contribution in [0.3, 0.4) is 0 Å². The molecule has 0 unspecified atom stereocenters. The molecule has 0 saturated carbocycles. The zero-order valence-corrected chi connectivity index (χ0v) is 17.9. The lowest BCUT2D eigenvalue weighted by atomic mass is 10.1. The van der Waals surface area contributed by atoms with Gasteiger partial charge in [-0.3, -0.25) is 4.79 Å². The van der Waals surface area contributed by atoms with Gasteiger partial charge in [0.05, 0.1) is 12.1 Å². The summed E-state index contributed by atoms with van der Waals surface area (Å²) in [4.78, 5) is 16.8. The van der Waals surface area contributed by atoms with E-state index in [0.29, 0.717) is 17.8 Å². The Morgan fingerprint density at radius 3 is 2.21 bits per heavy atom. The van der Waals surface area contributed by atoms with Gasteiger partial charge in [0.1, 0.15) is 5.82 Å². The van der Waals surface area contributed by atoms with E-state index in [1.54, 1.807) is 29.2 Å². The monoisotopic (exact) mass is 394 g/mol. The van der Waals surface area contributed by atoms with E-state index in [-0.39, 0.29) is 11.7 Å². The maximum atomic E-state index is 13.4. The SMILES string of the molecule is C=C=C(/C=C\C)C(=O)N(CC(/C=C\C(=C)N(CC)CC)=C/C)c1ccc(F)cc1. The van der Waals surface area contributed by atoms with E-state index >= 15 is 0 Å². The zero-order chi connectivity index (χ0) is 21.8. The van der Waals surface area contributed by atoms with Gasteiger partial charge >= 0.3 is 0 Å². The minimum Gasteiger partial charge on any atom is -0.373 e. The van der Waals surface area contributed by atoms with Crippen LogP contribution in [-0.4, -0.2) is 30.4 Å². The standard InChI is InChI=1S/C25H31FN2O/c1-7-12-22(9-3)25(29)28(24-17-15-23(26)16-18-24)19-21(8-2)14-13-20(6)27(10-4)11-5/h7-8,12-18H,3,6,10-11,19H2,1-2,4-5H3/b12-7-,14-13-,21-8+. The Kier molecular flexibility index (Phi) is 10.2. The summed E-state index contributed by atoms with van der Waals surface area (Å²) >= 11 is 0. The Labute approximate surface area is 174 Å². The molecule has 29 heavy (non-hydrogen) atoms. The average Bonchev–Trinajstić information content (AvgIpc) is 2.73. The molecule has 0 aliphatic rings. The predicted molar refractivity (Wildman–Crippen MR) is 121 cm³/mol. The summed E-state index contributed by atoms with van der Waals surface area (Å²) in [6.07, 6.45) is 9.28. The third-order valence-electron chi connectivity index (χ3n) is 4.51. The fourth-order valence-electron chi connectivity index (χ4n) is 2.78. The molecule has 4 heteroatoms. The molecule has 1 amide bonds. The van der Waals surface area contributed by atoms with Crippen molar-refractivity contribution in [1.29, 1.82) is 0 Å². The van der Waals surface area contributed by atoms with Gasteiger partial charge in [-0.05, 0) is 69.7 Å². The molecule has 1 aromatic carbocycles. The fourth-order valence-corrected chi connectivity index (χ4v) is 2.78. The minimum absolute atomic E-state index is 0.250. The van der Waals surface area contributed by atoms with Crippen molar-refractivity contribution in [3.63, 3.8) is 0 Å². The molecule has 0 aliphatic heterocycles. The first kappa shape index (κ1) is 23.9. The Hall–Kier alpha value is -3.10. The number of hydrogen-bond donors (Lipinski definition) is 0. The van der Waals surface area contributed by atoms with Crippen molar-refractivity contribution in [2.24, 2.45) is 0 Å². The molecule has 0 bridgehead atoms. The van der Waals surface area contributed by atoms with Gasteiger partial charge < -0.3 is 9.80 Å². The van der Waals surface area contributed by atoms with E-state index in [0.717, 1.165) is 24.4 Å². The molecular weight excluding hydrogens is 363 g/mol. The van der Waals surface area contributed by atoms with Gasteiger partial charge in [0, 0.05) is 24.5 Å². The quantitative estimate of drug-likeness (QED) is 0.284. The van der Waals surface area contributed by atoms with E-state index in [4.69, 9.17) is 0 Å². The Balaban J connectivity index is 3.22. The fraction of sp³-hybridized carbons (Fsp3) is 0.280. The van der Waals surface area contributed by atoms with Crippen molar-refractivity contribution >= 4 is 11.6 Å². The van der Waals surface area contributed by atoms with Crippen LogP contribution >= 0.6 is 0 Å². The minimum atomic E-state index is -0.351. The lowest BCUT2D eigenvalue weighted by Gasteiger charge is -2.24. The number of likely N-dealkylation sites (N-methyl/N-ethyl adjacent to an activating group) is 1. The Morgan fingerprint density at radius 2 is 1.72 bits per heavy atom. The van der Waals surface area contributed by atoms with Crippen LogP contribution in [0.1, 0.15) is 27.7 Å². The zero-order valence-electron chi connectivity index (χ0n) is 17.9. The number of amides is 1. The Bertz CT molecular complexity index is 836. The Morgan fingerprint density at radius 1 is 1.10 bits per heavy atom. The molecule has 0 spiro atoms. The van der Waals surface area contributed by atoms with Gasteiger partial charge in [-0.15, -0.1) is 5.73 Å². The van der Waals surface area contributed by atoms with Gasteiger partial charge in [-0.1, -0.05) is 31.4 Å². The highest BCUT2D eigenvalue weighted by molar-refractivity contribution is 6.07. The first-order valence-electron chi connectivity index (χ1n) is 9.78. The largest absolute Gasteiger partial charge is 0.373 e. The number of anilines is 1. The molecule has 0 saturated heterocycles.